The van der Waals surface area contributed by atoms with E-state index in [1.54, 1.807) is 6.07 Å². The molecule has 1 aliphatic heterocycles. The summed E-state index contributed by atoms with van der Waals surface area (Å²) in [5.74, 6) is 0.599. The highest BCUT2D eigenvalue weighted by Gasteiger charge is 2.28. The van der Waals surface area contributed by atoms with Crippen molar-refractivity contribution >= 4 is 17.4 Å². The Hall–Kier alpha value is -2.11. The van der Waals surface area contributed by atoms with Crippen molar-refractivity contribution in [2.24, 2.45) is 10.9 Å². The molecule has 0 radical (unpaired) electrons. The topological polar surface area (TPSA) is 68.0 Å². The minimum absolute atomic E-state index is 0.0785. The van der Waals surface area contributed by atoms with Crippen LogP contribution in [0.2, 0.25) is 0 Å². The highest BCUT2D eigenvalue weighted by molar-refractivity contribution is 5.79. The molecule has 1 aromatic rings. The van der Waals surface area contributed by atoms with E-state index in [4.69, 9.17) is 4.74 Å². The van der Waals surface area contributed by atoms with E-state index >= 15 is 0 Å². The maximum atomic E-state index is 10.7. The highest BCUT2D eigenvalue weighted by Crippen LogP contribution is 2.26. The number of non-ortho nitro benzene ring substituents is 1. The smallest absolute Gasteiger partial charge is 0.292 e. The van der Waals surface area contributed by atoms with E-state index in [2.05, 4.69) is 18.8 Å². The molecule has 6 nitrogen and oxygen atoms in total. The third kappa shape index (κ3) is 3.51. The predicted octanol–water partition coefficient (Wildman–Crippen LogP) is 3.27. The van der Waals surface area contributed by atoms with Crippen molar-refractivity contribution in [3.8, 4) is 0 Å². The number of nitro groups is 1. The second-order valence-corrected chi connectivity index (χ2v) is 5.83. The van der Waals surface area contributed by atoms with E-state index in [9.17, 15) is 10.1 Å². The van der Waals surface area contributed by atoms with E-state index in [0.717, 1.165) is 12.0 Å². The summed E-state index contributed by atoms with van der Waals surface area (Å²) in [6.07, 6.45) is 1.05. The van der Waals surface area contributed by atoms with Gasteiger partial charge in [-0.2, -0.15) is 4.99 Å². The molecule has 0 spiro atoms. The summed E-state index contributed by atoms with van der Waals surface area (Å²) < 4.78 is 5.66. The summed E-state index contributed by atoms with van der Waals surface area (Å²) in [5.41, 5.74) is 1.54. The van der Waals surface area contributed by atoms with Crippen LogP contribution in [-0.4, -0.2) is 35.5 Å². The highest BCUT2D eigenvalue weighted by atomic mass is 16.6. The van der Waals surface area contributed by atoms with Gasteiger partial charge in [0.15, 0.2) is 0 Å². The molecule has 1 aliphatic rings. The average Bonchev–Trinajstić information content (AvgIpc) is 2.73. The Bertz CT molecular complexity index is 569. The van der Waals surface area contributed by atoms with Crippen molar-refractivity contribution in [1.82, 2.24) is 4.90 Å². The first kappa shape index (κ1) is 15.3. The van der Waals surface area contributed by atoms with Gasteiger partial charge < -0.3 is 9.64 Å². The first-order chi connectivity index (χ1) is 9.88. The number of amidine groups is 1. The lowest BCUT2D eigenvalue weighted by molar-refractivity contribution is -0.384. The number of nitro benzene ring substituents is 1. The number of rotatable bonds is 4. The van der Waals surface area contributed by atoms with Gasteiger partial charge in [-0.05, 0) is 30.9 Å². The van der Waals surface area contributed by atoms with Crippen LogP contribution in [0.15, 0.2) is 23.2 Å². The van der Waals surface area contributed by atoms with E-state index in [1.807, 2.05) is 18.9 Å². The average molecular weight is 291 g/mol. The van der Waals surface area contributed by atoms with Crippen LogP contribution in [0.25, 0.3) is 0 Å². The maximum Gasteiger partial charge on any atom is 0.292 e. The van der Waals surface area contributed by atoms with Gasteiger partial charge >= 0.3 is 0 Å². The van der Waals surface area contributed by atoms with Crippen LogP contribution in [-0.2, 0) is 4.74 Å². The first-order valence-electron chi connectivity index (χ1n) is 7.08. The fourth-order valence-corrected chi connectivity index (χ4v) is 2.40. The van der Waals surface area contributed by atoms with Crippen molar-refractivity contribution < 1.29 is 9.66 Å². The summed E-state index contributed by atoms with van der Waals surface area (Å²) in [5, 5.41) is 10.7. The van der Waals surface area contributed by atoms with E-state index in [1.165, 1.54) is 12.1 Å². The molecule has 114 valence electrons. The monoisotopic (exact) mass is 291 g/mol. The molecule has 0 bridgehead atoms. The lowest BCUT2D eigenvalue weighted by atomic mass is 10.0. The van der Waals surface area contributed by atoms with Crippen molar-refractivity contribution in [2.75, 3.05) is 13.7 Å². The van der Waals surface area contributed by atoms with Crippen LogP contribution in [0.1, 0.15) is 25.8 Å². The van der Waals surface area contributed by atoms with Crippen LogP contribution in [0.3, 0.4) is 0 Å². The van der Waals surface area contributed by atoms with Gasteiger partial charge in [-0.25, -0.2) is 0 Å². The fraction of sp³-hybridized carbons (Fsp3) is 0.533. The zero-order valence-corrected chi connectivity index (χ0v) is 12.9. The second-order valence-electron chi connectivity index (χ2n) is 5.83. The van der Waals surface area contributed by atoms with Gasteiger partial charge in [-0.3, -0.25) is 10.1 Å². The second kappa shape index (κ2) is 6.11. The molecule has 1 atom stereocenters. The Balaban J connectivity index is 2.19. The summed E-state index contributed by atoms with van der Waals surface area (Å²) >= 11 is 0. The minimum atomic E-state index is -0.402. The molecular formula is C15H21N3O3. The Morgan fingerprint density at radius 2 is 2.24 bits per heavy atom. The number of hydrogen-bond donors (Lipinski definition) is 0. The summed E-state index contributed by atoms with van der Waals surface area (Å²) in [6, 6.07) is 5.57. The molecule has 6 heteroatoms. The zero-order valence-electron chi connectivity index (χ0n) is 12.9. The Kier molecular flexibility index (Phi) is 4.45. The van der Waals surface area contributed by atoms with Crippen LogP contribution in [0.4, 0.5) is 11.4 Å². The number of benzene rings is 1. The number of aryl methyl sites for hydroxylation is 1. The number of likely N-dealkylation sites (N-methyl/N-ethyl adjacent to an activating group) is 1. The zero-order chi connectivity index (χ0) is 15.6. The molecule has 0 aromatic heterocycles. The molecule has 1 aromatic carbocycles. The number of hydrogen-bond acceptors (Lipinski definition) is 4. The Morgan fingerprint density at radius 1 is 1.52 bits per heavy atom. The molecule has 1 fully saturated rings. The third-order valence-electron chi connectivity index (χ3n) is 3.61. The van der Waals surface area contributed by atoms with Gasteiger partial charge in [-0.1, -0.05) is 13.8 Å². The number of ether oxygens (including phenoxy) is 1. The molecule has 21 heavy (non-hydrogen) atoms. The van der Waals surface area contributed by atoms with Gasteiger partial charge in [0.1, 0.15) is 6.61 Å². The molecule has 0 aliphatic carbocycles. The van der Waals surface area contributed by atoms with Crippen molar-refractivity contribution in [3.05, 3.63) is 33.9 Å². The lowest BCUT2D eigenvalue weighted by Gasteiger charge is -2.19. The van der Waals surface area contributed by atoms with Crippen molar-refractivity contribution in [1.29, 1.82) is 0 Å². The molecule has 1 unspecified atom stereocenters. The Morgan fingerprint density at radius 3 is 2.81 bits per heavy atom. The van der Waals surface area contributed by atoms with Crippen LogP contribution >= 0.6 is 0 Å². The SMILES string of the molecule is Cc1cc([N+](=O)[O-])ccc1N=C1OCC(CC(C)C)N1C. The Labute approximate surface area is 124 Å². The first-order valence-corrected chi connectivity index (χ1v) is 7.08. The van der Waals surface area contributed by atoms with E-state index < -0.39 is 4.92 Å². The quantitative estimate of drug-likeness (QED) is 0.630. The number of nitrogens with zero attached hydrogens (tertiary/aromatic N) is 3. The standard InChI is InChI=1S/C15H21N3O3/c1-10(2)7-13-9-21-15(17(13)4)16-14-6-5-12(18(19)20)8-11(14)3/h5-6,8,10,13H,7,9H2,1-4H3. The van der Waals surface area contributed by atoms with Crippen LogP contribution in [0.5, 0.6) is 0 Å². The van der Waals surface area contributed by atoms with Gasteiger partial charge in [-0.15, -0.1) is 0 Å². The predicted molar refractivity (Wildman–Crippen MR) is 81.9 cm³/mol. The summed E-state index contributed by atoms with van der Waals surface area (Å²) in [4.78, 5) is 16.9. The summed E-state index contributed by atoms with van der Waals surface area (Å²) in [6.45, 7) is 6.82. The molecule has 0 N–H and O–H groups in total. The maximum absolute atomic E-state index is 10.7. The normalized spacial score (nSPS) is 20.1. The van der Waals surface area contributed by atoms with Crippen LogP contribution in [0, 0.1) is 23.0 Å². The molecule has 0 amide bonds. The molecule has 1 heterocycles. The van der Waals surface area contributed by atoms with E-state index in [0.29, 0.717) is 30.3 Å². The van der Waals surface area contributed by atoms with Crippen molar-refractivity contribution in [2.45, 2.75) is 33.2 Å². The number of aliphatic imine (C=N–C) groups is 1. The summed E-state index contributed by atoms with van der Waals surface area (Å²) in [7, 11) is 1.97. The van der Waals surface area contributed by atoms with Gasteiger partial charge in [0, 0.05) is 19.2 Å². The largest absolute Gasteiger partial charge is 0.463 e. The lowest BCUT2D eigenvalue weighted by Crippen LogP contribution is -2.31. The molecule has 2 rings (SSSR count). The molecule has 0 saturated carbocycles. The minimum Gasteiger partial charge on any atom is -0.463 e. The third-order valence-corrected chi connectivity index (χ3v) is 3.61. The van der Waals surface area contributed by atoms with Gasteiger partial charge in [0.2, 0.25) is 0 Å². The molecular weight excluding hydrogens is 270 g/mol. The van der Waals surface area contributed by atoms with Gasteiger partial charge in [0.05, 0.1) is 16.7 Å². The fourth-order valence-electron chi connectivity index (χ4n) is 2.40. The van der Waals surface area contributed by atoms with Crippen LogP contribution < -0.4 is 0 Å². The van der Waals surface area contributed by atoms with E-state index in [-0.39, 0.29) is 5.69 Å². The van der Waals surface area contributed by atoms with Gasteiger partial charge in [0.25, 0.3) is 11.7 Å². The van der Waals surface area contributed by atoms with Crippen molar-refractivity contribution in [3.63, 3.8) is 0 Å². The molecule has 1 saturated heterocycles.